The van der Waals surface area contributed by atoms with Crippen LogP contribution >= 0.6 is 0 Å². The predicted molar refractivity (Wildman–Crippen MR) is 124 cm³/mol. The predicted octanol–water partition coefficient (Wildman–Crippen LogP) is 4.97. The highest BCUT2D eigenvalue weighted by Gasteiger charge is 2.32. The van der Waals surface area contributed by atoms with Gasteiger partial charge in [0.15, 0.2) is 0 Å². The molecule has 0 fully saturated rings. The van der Waals surface area contributed by atoms with E-state index in [0.29, 0.717) is 18.7 Å². The second-order valence-electron chi connectivity index (χ2n) is 7.95. The molecule has 0 saturated heterocycles. The van der Waals surface area contributed by atoms with Crippen molar-refractivity contribution in [2.24, 2.45) is 5.92 Å². The summed E-state index contributed by atoms with van der Waals surface area (Å²) in [7, 11) is 1.68. The Morgan fingerprint density at radius 1 is 0.935 bits per heavy atom. The Labute approximate surface area is 183 Å². The molecule has 1 N–H and O–H groups in total. The van der Waals surface area contributed by atoms with Gasteiger partial charge in [-0.2, -0.15) is 0 Å². The Morgan fingerprint density at radius 2 is 1.58 bits per heavy atom. The van der Waals surface area contributed by atoms with E-state index in [0.717, 1.165) is 35.4 Å². The number of hydrogen-bond acceptors (Lipinski definition) is 3. The number of rotatable bonds is 7. The maximum absolute atomic E-state index is 12.3. The first kappa shape index (κ1) is 21.0. The topological polar surface area (TPSA) is 49.8 Å². The van der Waals surface area contributed by atoms with Gasteiger partial charge in [0.1, 0.15) is 0 Å². The highest BCUT2D eigenvalue weighted by Crippen LogP contribution is 2.35. The molecule has 4 heteroatoms. The summed E-state index contributed by atoms with van der Waals surface area (Å²) in [5.74, 6) is -0.876. The molecule has 1 atom stereocenters. The highest BCUT2D eigenvalue weighted by molar-refractivity contribution is 5.98. The number of ether oxygens (including phenoxy) is 1. The zero-order valence-corrected chi connectivity index (χ0v) is 17.7. The van der Waals surface area contributed by atoms with Crippen LogP contribution < -0.4 is 0 Å². The van der Waals surface area contributed by atoms with Crippen molar-refractivity contribution in [3.63, 3.8) is 0 Å². The van der Waals surface area contributed by atoms with E-state index in [1.165, 1.54) is 5.56 Å². The van der Waals surface area contributed by atoms with Gasteiger partial charge >= 0.3 is 5.97 Å². The van der Waals surface area contributed by atoms with Crippen LogP contribution in [0.15, 0.2) is 90.5 Å². The summed E-state index contributed by atoms with van der Waals surface area (Å²) in [5, 5.41) is 10.1. The lowest BCUT2D eigenvalue weighted by Crippen LogP contribution is -2.40. The zero-order chi connectivity index (χ0) is 21.6. The molecule has 0 radical (unpaired) electrons. The first-order valence-corrected chi connectivity index (χ1v) is 10.5. The van der Waals surface area contributed by atoms with E-state index < -0.39 is 5.97 Å². The van der Waals surface area contributed by atoms with Crippen LogP contribution in [0.3, 0.4) is 0 Å². The molecule has 0 saturated carbocycles. The van der Waals surface area contributed by atoms with Crippen molar-refractivity contribution in [3.8, 4) is 11.1 Å². The Hall–Kier alpha value is -3.21. The van der Waals surface area contributed by atoms with Gasteiger partial charge in [0, 0.05) is 32.7 Å². The number of hydrogen-bond donors (Lipinski definition) is 1. The Balaban J connectivity index is 1.72. The van der Waals surface area contributed by atoms with E-state index in [-0.39, 0.29) is 5.92 Å². The van der Waals surface area contributed by atoms with Crippen LogP contribution in [0, 0.1) is 5.92 Å². The molecular formula is C27H27NO3. The molecule has 3 aromatic rings. The van der Waals surface area contributed by atoms with E-state index in [9.17, 15) is 9.90 Å². The van der Waals surface area contributed by atoms with Crippen LogP contribution in [-0.2, 0) is 16.1 Å². The summed E-state index contributed by atoms with van der Waals surface area (Å²) >= 11 is 0. The molecule has 3 aromatic carbocycles. The monoisotopic (exact) mass is 413 g/mol. The van der Waals surface area contributed by atoms with Crippen molar-refractivity contribution in [2.75, 3.05) is 26.8 Å². The number of methoxy groups -OCH3 is 1. The summed E-state index contributed by atoms with van der Waals surface area (Å²) in [5.41, 5.74) is 5.67. The minimum absolute atomic E-state index is 0.0143. The van der Waals surface area contributed by atoms with Crippen molar-refractivity contribution >= 4 is 11.5 Å². The molecule has 0 spiro atoms. The Morgan fingerprint density at radius 3 is 2.26 bits per heavy atom. The summed E-state index contributed by atoms with van der Waals surface area (Å²) in [6.07, 6.45) is 0. The molecule has 1 aliphatic heterocycles. The van der Waals surface area contributed by atoms with Crippen LogP contribution in [0.1, 0.15) is 11.1 Å². The SMILES string of the molecule is COCC1CN(Cc2ccccc2)CC(C(=O)O)=C1c1cccc(-c2ccccc2)c1. The van der Waals surface area contributed by atoms with Crippen molar-refractivity contribution in [1.29, 1.82) is 0 Å². The standard InChI is InChI=1S/C27H27NO3/c1-31-19-24-17-28(16-20-9-4-2-5-10-20)18-25(27(29)30)26(24)23-14-8-13-22(15-23)21-11-6-3-7-12-21/h2-15,24H,16-19H2,1H3,(H,29,30). The fourth-order valence-electron chi connectivity index (χ4n) is 4.41. The summed E-state index contributed by atoms with van der Waals surface area (Å²) in [6.45, 7) is 2.36. The fourth-order valence-corrected chi connectivity index (χ4v) is 4.41. The van der Waals surface area contributed by atoms with Crippen LogP contribution in [0.2, 0.25) is 0 Å². The molecular weight excluding hydrogens is 386 g/mol. The zero-order valence-electron chi connectivity index (χ0n) is 17.7. The molecule has 0 aliphatic carbocycles. The Bertz CT molecular complexity index is 1060. The maximum atomic E-state index is 12.3. The van der Waals surface area contributed by atoms with Gasteiger partial charge in [-0.3, -0.25) is 4.90 Å². The lowest BCUT2D eigenvalue weighted by atomic mass is 9.84. The van der Waals surface area contributed by atoms with Gasteiger partial charge in [0.25, 0.3) is 0 Å². The van der Waals surface area contributed by atoms with Gasteiger partial charge in [0.2, 0.25) is 0 Å². The molecule has 0 bridgehead atoms. The maximum Gasteiger partial charge on any atom is 0.333 e. The van der Waals surface area contributed by atoms with Gasteiger partial charge in [0.05, 0.1) is 12.2 Å². The van der Waals surface area contributed by atoms with Crippen LogP contribution in [-0.4, -0.2) is 42.8 Å². The smallest absolute Gasteiger partial charge is 0.333 e. The van der Waals surface area contributed by atoms with Gasteiger partial charge in [-0.1, -0.05) is 78.9 Å². The van der Waals surface area contributed by atoms with Crippen molar-refractivity contribution < 1.29 is 14.6 Å². The molecule has 4 nitrogen and oxygen atoms in total. The summed E-state index contributed by atoms with van der Waals surface area (Å²) in [4.78, 5) is 14.5. The number of carboxylic acids is 1. The van der Waals surface area contributed by atoms with Crippen LogP contribution in [0.5, 0.6) is 0 Å². The summed E-state index contributed by atoms with van der Waals surface area (Å²) < 4.78 is 5.52. The lowest BCUT2D eigenvalue weighted by molar-refractivity contribution is -0.133. The van der Waals surface area contributed by atoms with Gasteiger partial charge in [-0.05, 0) is 33.9 Å². The number of carbonyl (C=O) groups is 1. The molecule has 31 heavy (non-hydrogen) atoms. The minimum atomic E-state index is -0.862. The van der Waals surface area contributed by atoms with Crippen molar-refractivity contribution in [1.82, 2.24) is 4.90 Å². The van der Waals surface area contributed by atoms with E-state index in [1.54, 1.807) is 7.11 Å². The number of benzene rings is 3. The quantitative estimate of drug-likeness (QED) is 0.594. The number of aliphatic carboxylic acids is 1. The lowest BCUT2D eigenvalue weighted by Gasteiger charge is -2.35. The van der Waals surface area contributed by atoms with Gasteiger partial charge < -0.3 is 9.84 Å². The molecule has 1 unspecified atom stereocenters. The van der Waals surface area contributed by atoms with E-state index in [2.05, 4.69) is 41.3 Å². The van der Waals surface area contributed by atoms with Crippen molar-refractivity contribution in [2.45, 2.75) is 6.54 Å². The molecule has 4 rings (SSSR count). The third kappa shape index (κ3) is 4.93. The van der Waals surface area contributed by atoms with E-state index in [4.69, 9.17) is 4.74 Å². The fraction of sp³-hybridized carbons (Fsp3) is 0.222. The van der Waals surface area contributed by atoms with Crippen molar-refractivity contribution in [3.05, 3.63) is 102 Å². The first-order valence-electron chi connectivity index (χ1n) is 10.5. The third-order valence-electron chi connectivity index (χ3n) is 5.75. The third-order valence-corrected chi connectivity index (χ3v) is 5.75. The average Bonchev–Trinajstić information content (AvgIpc) is 2.80. The first-order chi connectivity index (χ1) is 15.2. The largest absolute Gasteiger partial charge is 0.478 e. The second kappa shape index (κ2) is 9.73. The minimum Gasteiger partial charge on any atom is -0.478 e. The number of nitrogens with zero attached hydrogens (tertiary/aromatic N) is 1. The highest BCUT2D eigenvalue weighted by atomic mass is 16.5. The molecule has 1 heterocycles. The van der Waals surface area contributed by atoms with E-state index in [1.807, 2.05) is 48.5 Å². The van der Waals surface area contributed by atoms with Crippen LogP contribution in [0.4, 0.5) is 0 Å². The summed E-state index contributed by atoms with van der Waals surface area (Å²) in [6, 6.07) is 28.5. The van der Waals surface area contributed by atoms with E-state index >= 15 is 0 Å². The number of carboxylic acid groups (broad SMARTS) is 1. The normalized spacial score (nSPS) is 17.0. The molecule has 158 valence electrons. The molecule has 0 amide bonds. The second-order valence-corrected chi connectivity index (χ2v) is 7.95. The molecule has 1 aliphatic rings. The van der Waals surface area contributed by atoms with Crippen LogP contribution in [0.25, 0.3) is 16.7 Å². The van der Waals surface area contributed by atoms with Gasteiger partial charge in [-0.15, -0.1) is 0 Å². The Kier molecular flexibility index (Phi) is 6.60. The molecule has 0 aromatic heterocycles. The van der Waals surface area contributed by atoms with Gasteiger partial charge in [-0.25, -0.2) is 4.79 Å². The average molecular weight is 414 g/mol.